The Morgan fingerprint density at radius 1 is 1.24 bits per heavy atom. The van der Waals surface area contributed by atoms with Gasteiger partial charge in [0.2, 0.25) is 0 Å². The summed E-state index contributed by atoms with van der Waals surface area (Å²) in [6, 6.07) is 0. The number of rotatable bonds is 4. The average Bonchev–Trinajstić information content (AvgIpc) is 2.74. The summed E-state index contributed by atoms with van der Waals surface area (Å²) in [5, 5.41) is 8.68. The van der Waals surface area contributed by atoms with E-state index in [4.69, 9.17) is 11.6 Å². The lowest BCUT2D eigenvalue weighted by molar-refractivity contribution is 0.292. The standard InChI is InChI=1S/C13H22ClN3/c1-3-9-17-11(10-14)15-16-12(17)13(2)7-5-4-6-8-13/h3-10H2,1-2H3. The molecule has 0 aromatic carbocycles. The molecular weight excluding hydrogens is 234 g/mol. The molecule has 4 heteroatoms. The summed E-state index contributed by atoms with van der Waals surface area (Å²) in [4.78, 5) is 0. The molecule has 1 aromatic heterocycles. The number of aromatic nitrogens is 3. The Hall–Kier alpha value is -0.570. The Bertz CT molecular complexity index is 367. The van der Waals surface area contributed by atoms with Crippen molar-refractivity contribution in [2.75, 3.05) is 0 Å². The second-order valence-electron chi connectivity index (χ2n) is 5.35. The molecule has 0 atom stereocenters. The van der Waals surface area contributed by atoms with Crippen LogP contribution in [0, 0.1) is 0 Å². The zero-order valence-corrected chi connectivity index (χ0v) is 11.6. The molecule has 0 saturated heterocycles. The minimum Gasteiger partial charge on any atom is -0.314 e. The van der Waals surface area contributed by atoms with Crippen LogP contribution >= 0.6 is 11.6 Å². The van der Waals surface area contributed by atoms with E-state index in [0.717, 1.165) is 24.6 Å². The zero-order chi connectivity index (χ0) is 12.3. The first-order valence-electron chi connectivity index (χ1n) is 6.70. The minimum absolute atomic E-state index is 0.213. The summed E-state index contributed by atoms with van der Waals surface area (Å²) < 4.78 is 2.25. The summed E-state index contributed by atoms with van der Waals surface area (Å²) in [6.07, 6.45) is 7.55. The normalized spacial score (nSPS) is 19.5. The Balaban J connectivity index is 2.32. The van der Waals surface area contributed by atoms with Crippen molar-refractivity contribution in [3.05, 3.63) is 11.6 Å². The monoisotopic (exact) mass is 255 g/mol. The SMILES string of the molecule is CCCn1c(CCl)nnc1C1(C)CCCCC1. The average molecular weight is 256 g/mol. The highest BCUT2D eigenvalue weighted by molar-refractivity contribution is 6.16. The Morgan fingerprint density at radius 2 is 1.94 bits per heavy atom. The van der Waals surface area contributed by atoms with E-state index >= 15 is 0 Å². The van der Waals surface area contributed by atoms with Crippen LogP contribution < -0.4 is 0 Å². The van der Waals surface area contributed by atoms with Gasteiger partial charge in [0.1, 0.15) is 11.6 Å². The third-order valence-corrected chi connectivity index (χ3v) is 4.13. The maximum Gasteiger partial charge on any atom is 0.147 e. The van der Waals surface area contributed by atoms with Gasteiger partial charge in [0.15, 0.2) is 0 Å². The van der Waals surface area contributed by atoms with Crippen LogP contribution in [0.3, 0.4) is 0 Å². The Labute approximate surface area is 109 Å². The van der Waals surface area contributed by atoms with Crippen LogP contribution in [0.15, 0.2) is 0 Å². The van der Waals surface area contributed by atoms with Crippen LogP contribution in [0.25, 0.3) is 0 Å². The molecule has 0 bridgehead atoms. The van der Waals surface area contributed by atoms with Crippen molar-refractivity contribution in [3.63, 3.8) is 0 Å². The molecule has 0 aliphatic heterocycles. The van der Waals surface area contributed by atoms with Gasteiger partial charge in [-0.3, -0.25) is 0 Å². The summed E-state index contributed by atoms with van der Waals surface area (Å²) in [5.74, 6) is 2.55. The molecule has 1 fully saturated rings. The largest absolute Gasteiger partial charge is 0.314 e. The van der Waals surface area contributed by atoms with Gasteiger partial charge in [0.05, 0.1) is 5.88 Å². The highest BCUT2D eigenvalue weighted by atomic mass is 35.5. The summed E-state index contributed by atoms with van der Waals surface area (Å²) in [5.41, 5.74) is 0.213. The van der Waals surface area contributed by atoms with E-state index in [0.29, 0.717) is 5.88 Å². The van der Waals surface area contributed by atoms with Gasteiger partial charge in [0, 0.05) is 12.0 Å². The topological polar surface area (TPSA) is 30.7 Å². The lowest BCUT2D eigenvalue weighted by Crippen LogP contribution is -2.29. The predicted molar refractivity (Wildman–Crippen MR) is 70.3 cm³/mol. The van der Waals surface area contributed by atoms with Gasteiger partial charge in [-0.05, 0) is 19.3 Å². The quantitative estimate of drug-likeness (QED) is 0.769. The molecule has 96 valence electrons. The fraction of sp³-hybridized carbons (Fsp3) is 0.846. The molecule has 1 aromatic rings. The first-order chi connectivity index (χ1) is 8.21. The van der Waals surface area contributed by atoms with Crippen LogP contribution in [0.2, 0.25) is 0 Å². The lowest BCUT2D eigenvalue weighted by atomic mass is 9.75. The van der Waals surface area contributed by atoms with E-state index in [2.05, 4.69) is 28.6 Å². The summed E-state index contributed by atoms with van der Waals surface area (Å²) in [7, 11) is 0. The van der Waals surface area contributed by atoms with E-state index in [1.54, 1.807) is 0 Å². The molecule has 1 aliphatic rings. The number of hydrogen-bond acceptors (Lipinski definition) is 2. The van der Waals surface area contributed by atoms with Crippen molar-refractivity contribution in [1.82, 2.24) is 14.8 Å². The molecule has 0 N–H and O–H groups in total. The molecule has 2 rings (SSSR count). The van der Waals surface area contributed by atoms with Crippen molar-refractivity contribution in [2.45, 2.75) is 70.2 Å². The number of alkyl halides is 1. The van der Waals surface area contributed by atoms with Crippen LogP contribution in [0.1, 0.15) is 64.0 Å². The van der Waals surface area contributed by atoms with Crippen molar-refractivity contribution in [1.29, 1.82) is 0 Å². The van der Waals surface area contributed by atoms with Crippen LogP contribution in [-0.4, -0.2) is 14.8 Å². The van der Waals surface area contributed by atoms with Gasteiger partial charge in [-0.1, -0.05) is 33.1 Å². The first kappa shape index (κ1) is 12.9. The second-order valence-corrected chi connectivity index (χ2v) is 5.61. The van der Waals surface area contributed by atoms with E-state index < -0.39 is 0 Å². The Kier molecular flexibility index (Phi) is 4.08. The highest BCUT2D eigenvalue weighted by Crippen LogP contribution is 2.38. The molecular formula is C13H22ClN3. The van der Waals surface area contributed by atoms with E-state index in [-0.39, 0.29) is 5.41 Å². The van der Waals surface area contributed by atoms with Gasteiger partial charge in [0.25, 0.3) is 0 Å². The molecule has 0 radical (unpaired) electrons. The van der Waals surface area contributed by atoms with Gasteiger partial charge in [-0.2, -0.15) is 0 Å². The first-order valence-corrected chi connectivity index (χ1v) is 7.23. The lowest BCUT2D eigenvalue weighted by Gasteiger charge is -2.33. The maximum atomic E-state index is 5.94. The van der Waals surface area contributed by atoms with E-state index in [9.17, 15) is 0 Å². The smallest absolute Gasteiger partial charge is 0.147 e. The fourth-order valence-electron chi connectivity index (χ4n) is 2.89. The van der Waals surface area contributed by atoms with Crippen molar-refractivity contribution in [2.24, 2.45) is 0 Å². The molecule has 3 nitrogen and oxygen atoms in total. The maximum absolute atomic E-state index is 5.94. The van der Waals surface area contributed by atoms with Gasteiger partial charge < -0.3 is 4.57 Å². The molecule has 1 saturated carbocycles. The fourth-order valence-corrected chi connectivity index (χ4v) is 3.09. The van der Waals surface area contributed by atoms with E-state index in [1.165, 1.54) is 32.1 Å². The van der Waals surface area contributed by atoms with Crippen molar-refractivity contribution >= 4 is 11.6 Å². The van der Waals surface area contributed by atoms with Crippen molar-refractivity contribution in [3.8, 4) is 0 Å². The molecule has 1 heterocycles. The summed E-state index contributed by atoms with van der Waals surface area (Å²) in [6.45, 7) is 5.51. The molecule has 0 unspecified atom stereocenters. The zero-order valence-electron chi connectivity index (χ0n) is 10.9. The minimum atomic E-state index is 0.213. The third-order valence-electron chi connectivity index (χ3n) is 3.89. The van der Waals surface area contributed by atoms with Crippen LogP contribution in [0.5, 0.6) is 0 Å². The molecule has 0 amide bonds. The van der Waals surface area contributed by atoms with Gasteiger partial charge in [-0.25, -0.2) is 0 Å². The van der Waals surface area contributed by atoms with Crippen molar-refractivity contribution < 1.29 is 0 Å². The third kappa shape index (κ3) is 2.49. The van der Waals surface area contributed by atoms with E-state index in [1.807, 2.05) is 0 Å². The Morgan fingerprint density at radius 3 is 2.53 bits per heavy atom. The van der Waals surface area contributed by atoms with Crippen LogP contribution in [-0.2, 0) is 17.8 Å². The molecule has 17 heavy (non-hydrogen) atoms. The number of nitrogens with zero attached hydrogens (tertiary/aromatic N) is 3. The number of hydrogen-bond donors (Lipinski definition) is 0. The van der Waals surface area contributed by atoms with Gasteiger partial charge in [-0.15, -0.1) is 21.8 Å². The number of halogens is 1. The van der Waals surface area contributed by atoms with Crippen LogP contribution in [0.4, 0.5) is 0 Å². The molecule has 1 aliphatic carbocycles. The molecule has 0 spiro atoms. The second kappa shape index (κ2) is 5.38. The summed E-state index contributed by atoms with van der Waals surface area (Å²) >= 11 is 5.94. The predicted octanol–water partition coefficient (Wildman–Crippen LogP) is 3.65. The highest BCUT2D eigenvalue weighted by Gasteiger charge is 2.34. The van der Waals surface area contributed by atoms with Gasteiger partial charge >= 0.3 is 0 Å².